The van der Waals surface area contributed by atoms with Crippen LogP contribution in [0.4, 0.5) is 0 Å². The molecule has 1 saturated carbocycles. The molecular formula is C19H25IO4. The van der Waals surface area contributed by atoms with Gasteiger partial charge in [0.1, 0.15) is 6.10 Å². The molecule has 0 aromatic heterocycles. The SMILES string of the molecule is CC(C)[C@@H]1CC[C@@H](C)C[C@@H]1OC(=O)COC(=O)c1ccccc1I. The van der Waals surface area contributed by atoms with Crippen LogP contribution in [0.3, 0.4) is 0 Å². The predicted octanol–water partition coefficient (Wildman–Crippen LogP) is 4.45. The zero-order valence-corrected chi connectivity index (χ0v) is 16.6. The number of benzene rings is 1. The minimum atomic E-state index is -0.491. The van der Waals surface area contributed by atoms with Crippen molar-refractivity contribution in [3.05, 3.63) is 33.4 Å². The molecule has 0 aliphatic heterocycles. The van der Waals surface area contributed by atoms with Gasteiger partial charge in [-0.15, -0.1) is 0 Å². The van der Waals surface area contributed by atoms with Crippen LogP contribution in [0, 0.1) is 21.3 Å². The average molecular weight is 444 g/mol. The monoisotopic (exact) mass is 444 g/mol. The van der Waals surface area contributed by atoms with Crippen molar-refractivity contribution in [2.45, 2.75) is 46.1 Å². The smallest absolute Gasteiger partial charge is 0.344 e. The number of rotatable bonds is 5. The van der Waals surface area contributed by atoms with E-state index in [1.165, 1.54) is 6.42 Å². The maximum atomic E-state index is 12.1. The highest BCUT2D eigenvalue weighted by atomic mass is 127. The van der Waals surface area contributed by atoms with Gasteiger partial charge >= 0.3 is 11.9 Å². The molecule has 2 rings (SSSR count). The second kappa shape index (κ2) is 8.83. The summed E-state index contributed by atoms with van der Waals surface area (Å²) in [5, 5.41) is 0. The highest BCUT2D eigenvalue weighted by Crippen LogP contribution is 2.35. The Hall–Kier alpha value is -1.11. The van der Waals surface area contributed by atoms with Gasteiger partial charge in [0.25, 0.3) is 0 Å². The molecule has 0 spiro atoms. The molecule has 1 aliphatic rings. The molecular weight excluding hydrogens is 419 g/mol. The number of hydrogen-bond acceptors (Lipinski definition) is 4. The lowest BCUT2D eigenvalue weighted by molar-refractivity contribution is -0.159. The van der Waals surface area contributed by atoms with Gasteiger partial charge in [-0.25, -0.2) is 9.59 Å². The van der Waals surface area contributed by atoms with Crippen LogP contribution in [0.25, 0.3) is 0 Å². The summed E-state index contributed by atoms with van der Waals surface area (Å²) in [5.41, 5.74) is 0.470. The lowest BCUT2D eigenvalue weighted by Crippen LogP contribution is -2.36. The van der Waals surface area contributed by atoms with Crippen LogP contribution in [-0.4, -0.2) is 24.6 Å². The van der Waals surface area contributed by atoms with Crippen LogP contribution in [0.2, 0.25) is 0 Å². The fourth-order valence-electron chi connectivity index (χ4n) is 3.28. The van der Waals surface area contributed by atoms with Crippen LogP contribution >= 0.6 is 22.6 Å². The maximum absolute atomic E-state index is 12.1. The third kappa shape index (κ3) is 5.19. The van der Waals surface area contributed by atoms with Gasteiger partial charge in [-0.2, -0.15) is 0 Å². The van der Waals surface area contributed by atoms with E-state index in [1.807, 2.05) is 12.1 Å². The van der Waals surface area contributed by atoms with Gasteiger partial charge in [0, 0.05) is 3.57 Å². The highest BCUT2D eigenvalue weighted by molar-refractivity contribution is 14.1. The first-order valence-electron chi connectivity index (χ1n) is 8.49. The number of halogens is 1. The number of ether oxygens (including phenoxy) is 2. The van der Waals surface area contributed by atoms with E-state index in [0.717, 1.165) is 16.4 Å². The molecule has 1 aromatic rings. The molecule has 1 aliphatic carbocycles. The van der Waals surface area contributed by atoms with E-state index in [0.29, 0.717) is 23.3 Å². The molecule has 0 unspecified atom stereocenters. The summed E-state index contributed by atoms with van der Waals surface area (Å²) in [6, 6.07) is 7.13. The molecule has 1 fully saturated rings. The molecule has 0 radical (unpaired) electrons. The Balaban J connectivity index is 1.88. The Labute approximate surface area is 157 Å². The van der Waals surface area contributed by atoms with Crippen molar-refractivity contribution < 1.29 is 19.1 Å². The summed E-state index contributed by atoms with van der Waals surface area (Å²) in [6.45, 7) is 6.19. The minimum absolute atomic E-state index is 0.0724. The second-order valence-electron chi connectivity index (χ2n) is 6.91. The summed E-state index contributed by atoms with van der Waals surface area (Å²) in [5.74, 6) is 0.472. The predicted molar refractivity (Wildman–Crippen MR) is 101 cm³/mol. The van der Waals surface area contributed by atoms with Crippen LogP contribution in [-0.2, 0) is 14.3 Å². The van der Waals surface area contributed by atoms with Gasteiger partial charge in [0.15, 0.2) is 6.61 Å². The standard InChI is InChI=1S/C19H25IO4/c1-12(2)14-9-8-13(3)10-17(14)24-18(21)11-23-19(22)15-6-4-5-7-16(15)20/h4-7,12-14,17H,8-11H2,1-3H3/t13-,14+,17+/m1/s1. The fourth-order valence-corrected chi connectivity index (χ4v) is 3.89. The summed E-state index contributed by atoms with van der Waals surface area (Å²) >= 11 is 2.07. The largest absolute Gasteiger partial charge is 0.460 e. The molecule has 3 atom stereocenters. The topological polar surface area (TPSA) is 52.6 Å². The Morgan fingerprint density at radius 1 is 1.25 bits per heavy atom. The lowest BCUT2D eigenvalue weighted by atomic mass is 9.75. The summed E-state index contributed by atoms with van der Waals surface area (Å²) in [4.78, 5) is 24.2. The summed E-state index contributed by atoms with van der Waals surface area (Å²) in [6.07, 6.45) is 3.08. The van der Waals surface area contributed by atoms with Crippen LogP contribution in [0.15, 0.2) is 24.3 Å². The van der Waals surface area contributed by atoms with Gasteiger partial charge in [-0.05, 0) is 65.3 Å². The fraction of sp³-hybridized carbons (Fsp3) is 0.579. The van der Waals surface area contributed by atoms with E-state index in [9.17, 15) is 9.59 Å². The van der Waals surface area contributed by atoms with Crippen molar-refractivity contribution in [3.8, 4) is 0 Å². The van der Waals surface area contributed by atoms with E-state index in [4.69, 9.17) is 9.47 Å². The first-order valence-corrected chi connectivity index (χ1v) is 9.57. The van der Waals surface area contributed by atoms with E-state index in [1.54, 1.807) is 12.1 Å². The highest BCUT2D eigenvalue weighted by Gasteiger charge is 2.33. The average Bonchev–Trinajstić information content (AvgIpc) is 2.53. The Bertz CT molecular complexity index is 584. The molecule has 5 heteroatoms. The molecule has 0 amide bonds. The van der Waals surface area contributed by atoms with Crippen molar-refractivity contribution in [2.24, 2.45) is 17.8 Å². The van der Waals surface area contributed by atoms with Crippen molar-refractivity contribution in [1.82, 2.24) is 0 Å². The van der Waals surface area contributed by atoms with Gasteiger partial charge < -0.3 is 9.47 Å². The zero-order valence-electron chi connectivity index (χ0n) is 14.5. The Kier molecular flexibility index (Phi) is 7.07. The van der Waals surface area contributed by atoms with Gasteiger partial charge in [-0.1, -0.05) is 39.3 Å². The normalized spacial score (nSPS) is 23.8. The van der Waals surface area contributed by atoms with E-state index in [2.05, 4.69) is 43.4 Å². The second-order valence-corrected chi connectivity index (χ2v) is 8.07. The molecule has 0 N–H and O–H groups in total. The quantitative estimate of drug-likeness (QED) is 0.498. The minimum Gasteiger partial charge on any atom is -0.460 e. The number of esters is 2. The first kappa shape index (κ1) is 19.2. The van der Waals surface area contributed by atoms with E-state index < -0.39 is 11.9 Å². The Morgan fingerprint density at radius 3 is 2.62 bits per heavy atom. The number of carbonyl (C=O) groups is 2. The third-order valence-corrected chi connectivity index (χ3v) is 5.60. The molecule has 0 heterocycles. The Morgan fingerprint density at radius 2 is 1.96 bits per heavy atom. The zero-order chi connectivity index (χ0) is 17.7. The molecule has 1 aromatic carbocycles. The first-order chi connectivity index (χ1) is 11.4. The van der Waals surface area contributed by atoms with Crippen molar-refractivity contribution >= 4 is 34.5 Å². The van der Waals surface area contributed by atoms with Crippen LogP contribution in [0.5, 0.6) is 0 Å². The molecule has 24 heavy (non-hydrogen) atoms. The number of hydrogen-bond donors (Lipinski definition) is 0. The van der Waals surface area contributed by atoms with E-state index in [-0.39, 0.29) is 12.7 Å². The van der Waals surface area contributed by atoms with Crippen molar-refractivity contribution in [1.29, 1.82) is 0 Å². The van der Waals surface area contributed by atoms with Crippen LogP contribution in [0.1, 0.15) is 50.4 Å². The molecule has 4 nitrogen and oxygen atoms in total. The van der Waals surface area contributed by atoms with Gasteiger partial charge in [0.05, 0.1) is 5.56 Å². The molecule has 0 saturated heterocycles. The van der Waals surface area contributed by atoms with Crippen molar-refractivity contribution in [3.63, 3.8) is 0 Å². The van der Waals surface area contributed by atoms with Gasteiger partial charge in [0.2, 0.25) is 0 Å². The maximum Gasteiger partial charge on any atom is 0.344 e. The molecule has 132 valence electrons. The van der Waals surface area contributed by atoms with Crippen LogP contribution < -0.4 is 0 Å². The lowest BCUT2D eigenvalue weighted by Gasteiger charge is -2.36. The number of carbonyl (C=O) groups excluding carboxylic acids is 2. The van der Waals surface area contributed by atoms with Crippen molar-refractivity contribution in [2.75, 3.05) is 6.61 Å². The summed E-state index contributed by atoms with van der Waals surface area (Å²) in [7, 11) is 0. The summed E-state index contributed by atoms with van der Waals surface area (Å²) < 4.78 is 11.6. The molecule has 0 bridgehead atoms. The van der Waals surface area contributed by atoms with Gasteiger partial charge in [-0.3, -0.25) is 0 Å². The van der Waals surface area contributed by atoms with E-state index >= 15 is 0 Å². The third-order valence-electron chi connectivity index (χ3n) is 4.66.